The first kappa shape index (κ1) is 17.6. The second-order valence-electron chi connectivity index (χ2n) is 9.41. The molecule has 0 spiro atoms. The number of benzene rings is 1. The minimum Gasteiger partial charge on any atom is -0.337 e. The van der Waals surface area contributed by atoms with Crippen molar-refractivity contribution in [2.24, 2.45) is 11.8 Å². The van der Waals surface area contributed by atoms with Gasteiger partial charge in [-0.2, -0.15) is 0 Å². The lowest BCUT2D eigenvalue weighted by atomic mass is 9.67. The van der Waals surface area contributed by atoms with Crippen molar-refractivity contribution in [3.63, 3.8) is 0 Å². The molecule has 0 saturated carbocycles. The number of carbonyl (C=O) groups is 3. The van der Waals surface area contributed by atoms with Crippen LogP contribution in [0, 0.1) is 11.8 Å². The summed E-state index contributed by atoms with van der Waals surface area (Å²) in [6.07, 6.45) is 6.30. The minimum atomic E-state index is -0.640. The van der Waals surface area contributed by atoms with Gasteiger partial charge in [0.25, 0.3) is 11.8 Å². The van der Waals surface area contributed by atoms with Gasteiger partial charge in [0.1, 0.15) is 6.04 Å². The zero-order valence-corrected chi connectivity index (χ0v) is 16.6. The Kier molecular flexibility index (Phi) is 3.89. The summed E-state index contributed by atoms with van der Waals surface area (Å²) in [5.41, 5.74) is 0.864. The fourth-order valence-electron chi connectivity index (χ4n) is 6.99. The molecule has 6 rings (SSSR count). The third-order valence-electron chi connectivity index (χ3n) is 8.11. The summed E-state index contributed by atoms with van der Waals surface area (Å²) in [4.78, 5) is 45.5. The molecule has 0 aliphatic carbocycles. The molecule has 1 aromatic rings. The molecule has 5 atom stereocenters. The first-order valence-corrected chi connectivity index (χ1v) is 11.2. The van der Waals surface area contributed by atoms with Gasteiger partial charge in [-0.1, -0.05) is 12.1 Å². The highest BCUT2D eigenvalue weighted by Gasteiger charge is 2.54. The highest BCUT2D eigenvalue weighted by molar-refractivity contribution is 6.22. The largest absolute Gasteiger partial charge is 0.337 e. The monoisotopic (exact) mass is 393 g/mol. The molecule has 6 nitrogen and oxygen atoms in total. The summed E-state index contributed by atoms with van der Waals surface area (Å²) >= 11 is 0. The van der Waals surface area contributed by atoms with Crippen LogP contribution in [0.25, 0.3) is 0 Å². The molecule has 0 unspecified atom stereocenters. The molecular weight excluding hydrogens is 366 g/mol. The molecule has 29 heavy (non-hydrogen) atoms. The molecule has 4 fully saturated rings. The molecule has 3 amide bonds. The zero-order chi connectivity index (χ0) is 19.7. The standard InChI is InChI=1S/C23H27N3O3/c27-21-15-6-1-2-7-16(15)22(28)26(21)19-10-9-18-17-8-4-12-24-11-3-5-14(20(17)24)13-25(18)23(19)29/h1-2,6-7,14,17-20H,3-5,8-13H2/t14-,17+,18+,19-,20-/m0/s1. The molecule has 0 radical (unpaired) electrons. The summed E-state index contributed by atoms with van der Waals surface area (Å²) in [6, 6.07) is 7.19. The third-order valence-corrected chi connectivity index (χ3v) is 8.11. The lowest BCUT2D eigenvalue weighted by molar-refractivity contribution is -0.156. The average molecular weight is 393 g/mol. The summed E-state index contributed by atoms with van der Waals surface area (Å²) < 4.78 is 0. The van der Waals surface area contributed by atoms with Crippen LogP contribution in [0.2, 0.25) is 0 Å². The number of nitrogens with zero attached hydrogens (tertiary/aromatic N) is 3. The molecule has 4 saturated heterocycles. The molecule has 5 heterocycles. The van der Waals surface area contributed by atoms with Crippen molar-refractivity contribution in [1.82, 2.24) is 14.7 Å². The second kappa shape index (κ2) is 6.39. The van der Waals surface area contributed by atoms with Crippen LogP contribution in [0.15, 0.2) is 24.3 Å². The van der Waals surface area contributed by atoms with E-state index < -0.39 is 6.04 Å². The first-order valence-electron chi connectivity index (χ1n) is 11.2. The predicted molar refractivity (Wildman–Crippen MR) is 106 cm³/mol. The zero-order valence-electron chi connectivity index (χ0n) is 16.6. The van der Waals surface area contributed by atoms with E-state index in [1.807, 2.05) is 0 Å². The summed E-state index contributed by atoms with van der Waals surface area (Å²) in [7, 11) is 0. The molecule has 0 aromatic heterocycles. The third kappa shape index (κ3) is 2.41. The van der Waals surface area contributed by atoms with Gasteiger partial charge in [0.05, 0.1) is 11.1 Å². The van der Waals surface area contributed by atoms with Crippen LogP contribution in [0.3, 0.4) is 0 Å². The Labute approximate surface area is 170 Å². The first-order chi connectivity index (χ1) is 14.1. The van der Waals surface area contributed by atoms with E-state index in [0.717, 1.165) is 13.0 Å². The number of rotatable bonds is 1. The van der Waals surface area contributed by atoms with Gasteiger partial charge in [-0.3, -0.25) is 24.2 Å². The average Bonchev–Trinajstić information content (AvgIpc) is 3.00. The van der Waals surface area contributed by atoms with E-state index in [2.05, 4.69) is 9.80 Å². The normalized spacial score (nSPS) is 36.7. The number of hydrogen-bond acceptors (Lipinski definition) is 4. The second-order valence-corrected chi connectivity index (χ2v) is 9.41. The number of piperidine rings is 4. The molecule has 152 valence electrons. The molecule has 1 aromatic carbocycles. The van der Waals surface area contributed by atoms with Crippen LogP contribution in [-0.2, 0) is 4.79 Å². The van der Waals surface area contributed by atoms with Crippen LogP contribution in [-0.4, -0.2) is 70.2 Å². The number of carbonyl (C=O) groups excluding carboxylic acids is 3. The predicted octanol–water partition coefficient (Wildman–Crippen LogP) is 2.15. The Morgan fingerprint density at radius 2 is 1.52 bits per heavy atom. The van der Waals surface area contributed by atoms with Gasteiger partial charge >= 0.3 is 0 Å². The Hall–Kier alpha value is -2.21. The van der Waals surface area contributed by atoms with Gasteiger partial charge in [0.2, 0.25) is 5.91 Å². The quantitative estimate of drug-likeness (QED) is 0.686. The Morgan fingerprint density at radius 1 is 0.828 bits per heavy atom. The molecular formula is C23H27N3O3. The van der Waals surface area contributed by atoms with E-state index in [1.165, 1.54) is 43.7 Å². The summed E-state index contributed by atoms with van der Waals surface area (Å²) in [6.45, 7) is 3.20. The van der Waals surface area contributed by atoms with Crippen LogP contribution >= 0.6 is 0 Å². The van der Waals surface area contributed by atoms with Crippen molar-refractivity contribution in [3.8, 4) is 0 Å². The van der Waals surface area contributed by atoms with Gasteiger partial charge in [0, 0.05) is 18.6 Å². The molecule has 5 aliphatic rings. The van der Waals surface area contributed by atoms with Crippen molar-refractivity contribution in [1.29, 1.82) is 0 Å². The van der Waals surface area contributed by atoms with Crippen molar-refractivity contribution in [3.05, 3.63) is 35.4 Å². The number of amides is 3. The molecule has 0 N–H and O–H groups in total. The van der Waals surface area contributed by atoms with Gasteiger partial charge in [-0.25, -0.2) is 0 Å². The van der Waals surface area contributed by atoms with Crippen molar-refractivity contribution in [2.75, 3.05) is 19.6 Å². The SMILES string of the molecule is O=C1[C@@H](N2C(=O)c3ccccc3C2=O)CC[C@@H]2[C@H]3CCCN4CCC[C@@H](CN12)[C@@H]34. The van der Waals surface area contributed by atoms with Crippen LogP contribution in [0.4, 0.5) is 0 Å². The summed E-state index contributed by atoms with van der Waals surface area (Å²) in [5, 5.41) is 0. The fourth-order valence-corrected chi connectivity index (χ4v) is 6.99. The lowest BCUT2D eigenvalue weighted by Gasteiger charge is -2.59. The van der Waals surface area contributed by atoms with Crippen molar-refractivity contribution in [2.45, 2.75) is 56.7 Å². The highest BCUT2D eigenvalue weighted by Crippen LogP contribution is 2.45. The van der Waals surface area contributed by atoms with E-state index in [1.54, 1.807) is 24.3 Å². The highest BCUT2D eigenvalue weighted by atomic mass is 16.2. The Bertz CT molecular complexity index is 862. The number of fused-ring (bicyclic) bond motifs is 3. The van der Waals surface area contributed by atoms with Crippen LogP contribution in [0.5, 0.6) is 0 Å². The molecule has 5 aliphatic heterocycles. The molecule has 0 bridgehead atoms. The number of imide groups is 1. The van der Waals surface area contributed by atoms with Gasteiger partial charge in [-0.15, -0.1) is 0 Å². The maximum absolute atomic E-state index is 13.6. The summed E-state index contributed by atoms with van der Waals surface area (Å²) in [5.74, 6) is 0.472. The van der Waals surface area contributed by atoms with Crippen LogP contribution in [0.1, 0.15) is 59.2 Å². The van der Waals surface area contributed by atoms with E-state index >= 15 is 0 Å². The topological polar surface area (TPSA) is 60.9 Å². The maximum atomic E-state index is 13.6. The van der Waals surface area contributed by atoms with Crippen molar-refractivity contribution < 1.29 is 14.4 Å². The smallest absolute Gasteiger partial charge is 0.262 e. The van der Waals surface area contributed by atoms with Gasteiger partial charge < -0.3 is 4.90 Å². The van der Waals surface area contributed by atoms with E-state index in [9.17, 15) is 14.4 Å². The van der Waals surface area contributed by atoms with Gasteiger partial charge in [-0.05, 0) is 75.6 Å². The van der Waals surface area contributed by atoms with E-state index in [4.69, 9.17) is 0 Å². The number of hydrogen-bond donors (Lipinski definition) is 0. The van der Waals surface area contributed by atoms with Crippen LogP contribution < -0.4 is 0 Å². The Balaban J connectivity index is 1.29. The van der Waals surface area contributed by atoms with E-state index in [-0.39, 0.29) is 23.8 Å². The Morgan fingerprint density at radius 3 is 2.24 bits per heavy atom. The lowest BCUT2D eigenvalue weighted by Crippen LogP contribution is -2.69. The fraction of sp³-hybridized carbons (Fsp3) is 0.609. The van der Waals surface area contributed by atoms with E-state index in [0.29, 0.717) is 35.4 Å². The minimum absolute atomic E-state index is 0.00287. The molecule has 6 heteroatoms. The maximum Gasteiger partial charge on any atom is 0.262 e. The van der Waals surface area contributed by atoms with Gasteiger partial charge in [0.15, 0.2) is 0 Å². The van der Waals surface area contributed by atoms with Crippen molar-refractivity contribution >= 4 is 17.7 Å².